The normalized spacial score (nSPS) is 10.8. The number of carbonyl (C=O) groups excluding carboxylic acids is 1. The van der Waals surface area contributed by atoms with Crippen molar-refractivity contribution in [3.8, 4) is 0 Å². The third-order valence-corrected chi connectivity index (χ3v) is 3.12. The first-order valence-electron chi connectivity index (χ1n) is 7.49. The summed E-state index contributed by atoms with van der Waals surface area (Å²) in [6.45, 7) is 7.15. The van der Waals surface area contributed by atoms with E-state index in [0.717, 1.165) is 50.1 Å². The summed E-state index contributed by atoms with van der Waals surface area (Å²) in [4.78, 5) is 14.0. The van der Waals surface area contributed by atoms with Crippen LogP contribution in [0.2, 0.25) is 0 Å². The lowest BCUT2D eigenvalue weighted by Gasteiger charge is -2.21. The molecular formula is C16H27N3O. The van der Waals surface area contributed by atoms with Crippen molar-refractivity contribution in [1.29, 1.82) is 0 Å². The number of carbonyl (C=O) groups is 1. The third-order valence-electron chi connectivity index (χ3n) is 3.12. The molecule has 0 saturated carbocycles. The number of amides is 1. The van der Waals surface area contributed by atoms with Crippen LogP contribution < -0.4 is 11.1 Å². The fourth-order valence-electron chi connectivity index (χ4n) is 2.14. The molecule has 4 nitrogen and oxygen atoms in total. The van der Waals surface area contributed by atoms with Crippen molar-refractivity contribution >= 4 is 11.6 Å². The van der Waals surface area contributed by atoms with Crippen molar-refractivity contribution in [2.24, 2.45) is 0 Å². The minimum atomic E-state index is 0.107. The average molecular weight is 277 g/mol. The van der Waals surface area contributed by atoms with Crippen molar-refractivity contribution in [2.45, 2.75) is 39.7 Å². The summed E-state index contributed by atoms with van der Waals surface area (Å²) in [5, 5.41) is 2.96. The molecule has 0 spiro atoms. The van der Waals surface area contributed by atoms with Crippen molar-refractivity contribution in [1.82, 2.24) is 10.2 Å². The number of unbranched alkanes of at least 4 members (excludes halogenated alkanes) is 1. The highest BCUT2D eigenvalue weighted by molar-refractivity contribution is 5.77. The van der Waals surface area contributed by atoms with Gasteiger partial charge in [-0.1, -0.05) is 32.4 Å². The molecule has 1 aromatic rings. The van der Waals surface area contributed by atoms with Crippen molar-refractivity contribution < 1.29 is 4.79 Å². The van der Waals surface area contributed by atoms with Crippen molar-refractivity contribution in [3.05, 3.63) is 29.8 Å². The maximum absolute atomic E-state index is 11.9. The maximum Gasteiger partial charge on any atom is 0.234 e. The molecule has 0 fully saturated rings. The minimum Gasteiger partial charge on any atom is -0.399 e. The molecule has 3 N–H and O–H groups in total. The molecule has 0 saturated heterocycles. The maximum atomic E-state index is 11.9. The molecule has 0 heterocycles. The highest BCUT2D eigenvalue weighted by atomic mass is 16.2. The molecule has 0 aliphatic heterocycles. The number of anilines is 1. The Hall–Kier alpha value is -1.55. The van der Waals surface area contributed by atoms with Crippen molar-refractivity contribution in [3.63, 3.8) is 0 Å². The van der Waals surface area contributed by atoms with Gasteiger partial charge < -0.3 is 11.1 Å². The number of nitrogens with two attached hydrogens (primary N) is 1. The van der Waals surface area contributed by atoms with E-state index < -0.39 is 0 Å². The Bertz CT molecular complexity index is 406. The van der Waals surface area contributed by atoms with E-state index in [2.05, 4.69) is 24.1 Å². The van der Waals surface area contributed by atoms with Gasteiger partial charge in [0.1, 0.15) is 0 Å². The monoisotopic (exact) mass is 277 g/mol. The summed E-state index contributed by atoms with van der Waals surface area (Å²) in [6, 6.07) is 7.85. The summed E-state index contributed by atoms with van der Waals surface area (Å²) in [6.07, 6.45) is 3.17. The molecule has 1 rings (SSSR count). The van der Waals surface area contributed by atoms with Gasteiger partial charge in [-0.05, 0) is 37.1 Å². The Labute approximate surface area is 122 Å². The Morgan fingerprint density at radius 3 is 2.75 bits per heavy atom. The Kier molecular flexibility index (Phi) is 7.73. The smallest absolute Gasteiger partial charge is 0.234 e. The molecule has 1 amide bonds. The van der Waals surface area contributed by atoms with Crippen molar-refractivity contribution in [2.75, 3.05) is 25.4 Å². The lowest BCUT2D eigenvalue weighted by molar-refractivity contribution is -0.122. The number of benzene rings is 1. The van der Waals surface area contributed by atoms with Crippen LogP contribution in [0, 0.1) is 0 Å². The van der Waals surface area contributed by atoms with Crippen LogP contribution >= 0.6 is 0 Å². The second-order valence-electron chi connectivity index (χ2n) is 5.16. The first-order chi connectivity index (χ1) is 9.65. The number of rotatable bonds is 9. The van der Waals surface area contributed by atoms with Gasteiger partial charge >= 0.3 is 0 Å². The number of nitrogens with one attached hydrogen (secondary N) is 1. The first-order valence-corrected chi connectivity index (χ1v) is 7.49. The van der Waals surface area contributed by atoms with Gasteiger partial charge in [0.15, 0.2) is 0 Å². The number of hydrogen-bond acceptors (Lipinski definition) is 3. The Morgan fingerprint density at radius 1 is 1.30 bits per heavy atom. The topological polar surface area (TPSA) is 58.4 Å². The zero-order valence-corrected chi connectivity index (χ0v) is 12.7. The Morgan fingerprint density at radius 2 is 2.10 bits per heavy atom. The second kappa shape index (κ2) is 9.37. The van der Waals surface area contributed by atoms with Gasteiger partial charge in [-0.25, -0.2) is 0 Å². The number of hydrogen-bond donors (Lipinski definition) is 2. The molecule has 4 heteroatoms. The van der Waals surface area contributed by atoms with Gasteiger partial charge in [-0.2, -0.15) is 0 Å². The average Bonchev–Trinajstić information content (AvgIpc) is 2.39. The predicted molar refractivity (Wildman–Crippen MR) is 84.3 cm³/mol. The third kappa shape index (κ3) is 6.57. The molecule has 112 valence electrons. The van der Waals surface area contributed by atoms with Crippen LogP contribution in [0.15, 0.2) is 24.3 Å². The highest BCUT2D eigenvalue weighted by Gasteiger charge is 2.10. The summed E-state index contributed by atoms with van der Waals surface area (Å²) in [5.41, 5.74) is 7.72. The summed E-state index contributed by atoms with van der Waals surface area (Å²) in [7, 11) is 0. The van der Waals surface area contributed by atoms with Crippen LogP contribution in [0.5, 0.6) is 0 Å². The molecule has 0 radical (unpaired) electrons. The van der Waals surface area contributed by atoms with Crippen LogP contribution in [-0.2, 0) is 11.3 Å². The zero-order chi connectivity index (χ0) is 14.8. The quantitative estimate of drug-likeness (QED) is 0.538. The molecule has 0 aliphatic carbocycles. The molecule has 0 unspecified atom stereocenters. The van der Waals surface area contributed by atoms with Crippen LogP contribution in [-0.4, -0.2) is 30.4 Å². The standard InChI is InChI=1S/C16H27N3O/c1-3-5-9-18-16(20)13-19(10-4-2)12-14-7-6-8-15(17)11-14/h6-8,11H,3-5,9-10,12-13,17H2,1-2H3,(H,18,20). The molecule has 20 heavy (non-hydrogen) atoms. The summed E-state index contributed by atoms with van der Waals surface area (Å²) in [5.74, 6) is 0.107. The highest BCUT2D eigenvalue weighted by Crippen LogP contribution is 2.09. The van der Waals surface area contributed by atoms with E-state index in [1.54, 1.807) is 0 Å². The van der Waals surface area contributed by atoms with Gasteiger partial charge in [0.25, 0.3) is 0 Å². The molecule has 0 aliphatic rings. The summed E-state index contributed by atoms with van der Waals surface area (Å²) >= 11 is 0. The van der Waals surface area contributed by atoms with E-state index in [9.17, 15) is 4.79 Å². The van der Waals surface area contributed by atoms with Crippen LogP contribution in [0.1, 0.15) is 38.7 Å². The minimum absolute atomic E-state index is 0.107. The summed E-state index contributed by atoms with van der Waals surface area (Å²) < 4.78 is 0. The van der Waals surface area contributed by atoms with Gasteiger partial charge in [0, 0.05) is 18.8 Å². The molecule has 0 aromatic heterocycles. The van der Waals surface area contributed by atoms with Gasteiger partial charge in [-0.15, -0.1) is 0 Å². The lowest BCUT2D eigenvalue weighted by atomic mass is 10.2. The van der Waals surface area contributed by atoms with E-state index in [4.69, 9.17) is 5.73 Å². The van der Waals surface area contributed by atoms with Crippen LogP contribution in [0.25, 0.3) is 0 Å². The first kappa shape index (κ1) is 16.5. The number of nitrogens with zero attached hydrogens (tertiary/aromatic N) is 1. The fourth-order valence-corrected chi connectivity index (χ4v) is 2.14. The van der Waals surface area contributed by atoms with E-state index in [1.807, 2.05) is 24.3 Å². The molecule has 1 aromatic carbocycles. The van der Waals surface area contributed by atoms with E-state index in [0.29, 0.717) is 6.54 Å². The zero-order valence-electron chi connectivity index (χ0n) is 12.7. The van der Waals surface area contributed by atoms with Crippen LogP contribution in [0.3, 0.4) is 0 Å². The lowest BCUT2D eigenvalue weighted by Crippen LogP contribution is -2.37. The molecule has 0 bridgehead atoms. The van der Waals surface area contributed by atoms with Gasteiger partial charge in [-0.3, -0.25) is 9.69 Å². The van der Waals surface area contributed by atoms with Gasteiger partial charge in [0.2, 0.25) is 5.91 Å². The number of nitrogen functional groups attached to an aromatic ring is 1. The van der Waals surface area contributed by atoms with E-state index in [1.165, 1.54) is 0 Å². The fraction of sp³-hybridized carbons (Fsp3) is 0.562. The van der Waals surface area contributed by atoms with E-state index in [-0.39, 0.29) is 5.91 Å². The SMILES string of the molecule is CCCCNC(=O)CN(CCC)Cc1cccc(N)c1. The Balaban J connectivity index is 2.49. The van der Waals surface area contributed by atoms with E-state index >= 15 is 0 Å². The largest absolute Gasteiger partial charge is 0.399 e. The molecule has 0 atom stereocenters. The van der Waals surface area contributed by atoms with Gasteiger partial charge in [0.05, 0.1) is 6.54 Å². The predicted octanol–water partition coefficient (Wildman–Crippen LogP) is 2.40. The second-order valence-corrected chi connectivity index (χ2v) is 5.16. The molecular weight excluding hydrogens is 250 g/mol. The van der Waals surface area contributed by atoms with Crippen LogP contribution in [0.4, 0.5) is 5.69 Å².